The van der Waals surface area contributed by atoms with Gasteiger partial charge in [0.05, 0.1) is 18.0 Å². The highest BCUT2D eigenvalue weighted by Crippen LogP contribution is 2.17. The van der Waals surface area contributed by atoms with Gasteiger partial charge in [0, 0.05) is 5.02 Å². The van der Waals surface area contributed by atoms with Crippen LogP contribution >= 0.6 is 11.6 Å². The average Bonchev–Trinajstić information content (AvgIpc) is 2.78. The Morgan fingerprint density at radius 3 is 2.95 bits per heavy atom. The topological polar surface area (TPSA) is 57.0 Å². The Bertz CT molecular complexity index is 595. The van der Waals surface area contributed by atoms with Crippen molar-refractivity contribution in [1.82, 2.24) is 15.0 Å². The van der Waals surface area contributed by atoms with Crippen molar-refractivity contribution in [3.8, 4) is 5.69 Å². The standard InChI is InChI=1S/C13H14ClN3O2/c1-3-7-19-13(18)12-9(2)17(16-15-12)11-6-4-5-10(14)8-11/h4-6,8H,3,7H2,1-2H3. The second-order valence-electron chi connectivity index (χ2n) is 4.05. The van der Waals surface area contributed by atoms with E-state index in [1.165, 1.54) is 0 Å². The minimum atomic E-state index is -0.451. The van der Waals surface area contributed by atoms with Crippen LogP contribution in [0.2, 0.25) is 5.02 Å². The van der Waals surface area contributed by atoms with Crippen molar-refractivity contribution in [2.45, 2.75) is 20.3 Å². The summed E-state index contributed by atoms with van der Waals surface area (Å²) < 4.78 is 6.61. The monoisotopic (exact) mass is 279 g/mol. The Morgan fingerprint density at radius 1 is 1.47 bits per heavy atom. The second kappa shape index (κ2) is 5.84. The molecule has 1 heterocycles. The van der Waals surface area contributed by atoms with Gasteiger partial charge in [-0.1, -0.05) is 29.8 Å². The van der Waals surface area contributed by atoms with Gasteiger partial charge in [-0.05, 0) is 31.5 Å². The van der Waals surface area contributed by atoms with Gasteiger partial charge < -0.3 is 4.74 Å². The number of ether oxygens (including phenoxy) is 1. The van der Waals surface area contributed by atoms with Crippen molar-refractivity contribution in [2.75, 3.05) is 6.61 Å². The lowest BCUT2D eigenvalue weighted by atomic mass is 10.3. The molecule has 0 saturated heterocycles. The first-order valence-electron chi connectivity index (χ1n) is 5.99. The molecule has 0 unspecified atom stereocenters. The smallest absolute Gasteiger partial charge is 0.360 e. The van der Waals surface area contributed by atoms with Crippen LogP contribution in [0.3, 0.4) is 0 Å². The van der Waals surface area contributed by atoms with Crippen molar-refractivity contribution in [3.05, 3.63) is 40.7 Å². The van der Waals surface area contributed by atoms with E-state index in [0.717, 1.165) is 12.1 Å². The molecular formula is C13H14ClN3O2. The number of aromatic nitrogens is 3. The third-order valence-corrected chi connectivity index (χ3v) is 2.81. The lowest BCUT2D eigenvalue weighted by molar-refractivity contribution is 0.0497. The van der Waals surface area contributed by atoms with Gasteiger partial charge in [0.2, 0.25) is 0 Å². The van der Waals surface area contributed by atoms with Gasteiger partial charge in [-0.2, -0.15) is 0 Å². The number of halogens is 1. The van der Waals surface area contributed by atoms with Crippen LogP contribution in [0.4, 0.5) is 0 Å². The average molecular weight is 280 g/mol. The fraction of sp³-hybridized carbons (Fsp3) is 0.308. The SMILES string of the molecule is CCCOC(=O)c1nnn(-c2cccc(Cl)c2)c1C. The van der Waals surface area contributed by atoms with Crippen LogP contribution in [0.5, 0.6) is 0 Å². The first kappa shape index (κ1) is 13.5. The zero-order chi connectivity index (χ0) is 13.8. The maximum atomic E-state index is 11.8. The zero-order valence-corrected chi connectivity index (χ0v) is 11.5. The Hall–Kier alpha value is -1.88. The van der Waals surface area contributed by atoms with E-state index in [9.17, 15) is 4.79 Å². The summed E-state index contributed by atoms with van der Waals surface area (Å²) in [5.41, 5.74) is 1.61. The predicted octanol–water partition coefficient (Wildman–Crippen LogP) is 2.80. The Kier molecular flexibility index (Phi) is 4.16. The molecule has 1 aromatic carbocycles. The highest BCUT2D eigenvalue weighted by Gasteiger charge is 2.18. The van der Waals surface area contributed by atoms with Gasteiger partial charge in [-0.25, -0.2) is 9.48 Å². The number of carbonyl (C=O) groups excluding carboxylic acids is 1. The molecule has 0 aliphatic carbocycles. The molecule has 0 aliphatic heterocycles. The summed E-state index contributed by atoms with van der Waals surface area (Å²) >= 11 is 5.93. The third-order valence-electron chi connectivity index (χ3n) is 2.58. The molecule has 0 bridgehead atoms. The fourth-order valence-corrected chi connectivity index (χ4v) is 1.82. The number of rotatable bonds is 4. The number of hydrogen-bond donors (Lipinski definition) is 0. The lowest BCUT2D eigenvalue weighted by Gasteiger charge is -2.04. The Morgan fingerprint density at radius 2 is 2.26 bits per heavy atom. The first-order chi connectivity index (χ1) is 9.13. The molecule has 2 aromatic rings. The first-order valence-corrected chi connectivity index (χ1v) is 6.36. The van der Waals surface area contributed by atoms with E-state index in [1.54, 1.807) is 23.7 Å². The van der Waals surface area contributed by atoms with Gasteiger partial charge in [-0.3, -0.25) is 0 Å². The largest absolute Gasteiger partial charge is 0.461 e. The number of carbonyl (C=O) groups is 1. The molecule has 19 heavy (non-hydrogen) atoms. The second-order valence-corrected chi connectivity index (χ2v) is 4.49. The van der Waals surface area contributed by atoms with Gasteiger partial charge in [0.1, 0.15) is 0 Å². The van der Waals surface area contributed by atoms with Crippen LogP contribution in [-0.4, -0.2) is 27.6 Å². The van der Waals surface area contributed by atoms with Gasteiger partial charge in [0.25, 0.3) is 0 Å². The maximum absolute atomic E-state index is 11.8. The fourth-order valence-electron chi connectivity index (χ4n) is 1.63. The Balaban J connectivity index is 2.30. The van der Waals surface area contributed by atoms with Gasteiger partial charge >= 0.3 is 5.97 Å². The molecule has 0 radical (unpaired) electrons. The molecule has 100 valence electrons. The third kappa shape index (κ3) is 2.93. The molecule has 0 saturated carbocycles. The van der Waals surface area contributed by atoms with Crippen LogP contribution in [0.1, 0.15) is 29.5 Å². The molecule has 0 atom stereocenters. The van der Waals surface area contributed by atoms with Crippen LogP contribution in [-0.2, 0) is 4.74 Å². The summed E-state index contributed by atoms with van der Waals surface area (Å²) in [7, 11) is 0. The van der Waals surface area contributed by atoms with Crippen molar-refractivity contribution in [3.63, 3.8) is 0 Å². The molecule has 0 N–H and O–H groups in total. The minimum Gasteiger partial charge on any atom is -0.461 e. The van der Waals surface area contributed by atoms with E-state index in [4.69, 9.17) is 16.3 Å². The number of esters is 1. The number of nitrogens with zero attached hydrogens (tertiary/aromatic N) is 3. The summed E-state index contributed by atoms with van der Waals surface area (Å²) in [6, 6.07) is 7.18. The normalized spacial score (nSPS) is 10.5. The number of hydrogen-bond acceptors (Lipinski definition) is 4. The van der Waals surface area contributed by atoms with Crippen molar-refractivity contribution in [2.24, 2.45) is 0 Å². The summed E-state index contributed by atoms with van der Waals surface area (Å²) in [5.74, 6) is -0.451. The predicted molar refractivity (Wildman–Crippen MR) is 71.7 cm³/mol. The van der Waals surface area contributed by atoms with Crippen LogP contribution in [0.25, 0.3) is 5.69 Å². The summed E-state index contributed by atoms with van der Waals surface area (Å²) in [6.07, 6.45) is 0.771. The maximum Gasteiger partial charge on any atom is 0.360 e. The highest BCUT2D eigenvalue weighted by molar-refractivity contribution is 6.30. The van der Waals surface area contributed by atoms with Crippen LogP contribution in [0, 0.1) is 6.92 Å². The molecule has 6 heteroatoms. The quantitative estimate of drug-likeness (QED) is 0.808. The summed E-state index contributed by atoms with van der Waals surface area (Å²) in [6.45, 7) is 4.08. The van der Waals surface area contributed by atoms with Crippen molar-refractivity contribution < 1.29 is 9.53 Å². The van der Waals surface area contributed by atoms with Crippen LogP contribution < -0.4 is 0 Å². The molecule has 5 nitrogen and oxygen atoms in total. The molecule has 0 spiro atoms. The molecule has 0 fully saturated rings. The van der Waals surface area contributed by atoms with Gasteiger partial charge in [-0.15, -0.1) is 5.10 Å². The highest BCUT2D eigenvalue weighted by atomic mass is 35.5. The van der Waals surface area contributed by atoms with E-state index in [-0.39, 0.29) is 5.69 Å². The summed E-state index contributed by atoms with van der Waals surface area (Å²) in [4.78, 5) is 11.8. The van der Waals surface area contributed by atoms with E-state index in [0.29, 0.717) is 17.3 Å². The molecule has 0 aliphatic rings. The van der Waals surface area contributed by atoms with Crippen molar-refractivity contribution in [1.29, 1.82) is 0 Å². The Labute approximate surface area is 116 Å². The molecule has 2 rings (SSSR count). The zero-order valence-electron chi connectivity index (χ0n) is 10.8. The van der Waals surface area contributed by atoms with Crippen LogP contribution in [0.15, 0.2) is 24.3 Å². The van der Waals surface area contributed by atoms with E-state index in [2.05, 4.69) is 10.3 Å². The molecule has 1 aromatic heterocycles. The lowest BCUT2D eigenvalue weighted by Crippen LogP contribution is -2.08. The van der Waals surface area contributed by atoms with Crippen molar-refractivity contribution >= 4 is 17.6 Å². The molecule has 0 amide bonds. The minimum absolute atomic E-state index is 0.230. The van der Waals surface area contributed by atoms with E-state index < -0.39 is 5.97 Å². The number of benzene rings is 1. The van der Waals surface area contributed by atoms with E-state index in [1.807, 2.05) is 19.1 Å². The van der Waals surface area contributed by atoms with E-state index >= 15 is 0 Å². The van der Waals surface area contributed by atoms with Gasteiger partial charge in [0.15, 0.2) is 5.69 Å². The molecular weight excluding hydrogens is 266 g/mol. The summed E-state index contributed by atoms with van der Waals surface area (Å²) in [5, 5.41) is 8.43.